The van der Waals surface area contributed by atoms with E-state index in [4.69, 9.17) is 16.3 Å². The Balaban J connectivity index is 1.92. The van der Waals surface area contributed by atoms with E-state index in [-0.39, 0.29) is 28.2 Å². The van der Waals surface area contributed by atoms with Crippen LogP contribution in [0.15, 0.2) is 60.2 Å². The van der Waals surface area contributed by atoms with Crippen molar-refractivity contribution in [2.45, 2.75) is 46.8 Å². The predicted octanol–water partition coefficient (Wildman–Crippen LogP) is 6.38. The van der Waals surface area contributed by atoms with Gasteiger partial charge >= 0.3 is 0 Å². The standard InChI is InChI=1S/C29H28ClNO5/c1-15(2)36-24-11-8-20(12-18(24)5)27(33)25-26(19-7-10-23(32)22(30)14-19)31(29(35)28(25)34)21-9-6-16(3)17(4)13-21/h6-15,26,32-33H,1-5H3/b27-25+. The number of ether oxygens (including phenoxy) is 1. The maximum Gasteiger partial charge on any atom is 0.300 e. The third-order valence-electron chi connectivity index (χ3n) is 6.31. The van der Waals surface area contributed by atoms with Gasteiger partial charge in [-0.2, -0.15) is 0 Å². The SMILES string of the molecule is Cc1ccc(N2C(=O)C(=O)/C(=C(/O)c3ccc(OC(C)C)c(C)c3)C2c2ccc(O)c(Cl)c2)cc1C. The van der Waals surface area contributed by atoms with Gasteiger partial charge in [0.2, 0.25) is 0 Å². The minimum Gasteiger partial charge on any atom is -0.507 e. The largest absolute Gasteiger partial charge is 0.507 e. The lowest BCUT2D eigenvalue weighted by molar-refractivity contribution is -0.132. The van der Waals surface area contributed by atoms with Crippen LogP contribution in [0.2, 0.25) is 5.02 Å². The first kappa shape index (κ1) is 25.3. The fourth-order valence-corrected chi connectivity index (χ4v) is 4.51. The number of hydrogen-bond acceptors (Lipinski definition) is 5. The Labute approximate surface area is 215 Å². The number of anilines is 1. The average molecular weight is 506 g/mol. The van der Waals surface area contributed by atoms with Gasteiger partial charge < -0.3 is 14.9 Å². The van der Waals surface area contributed by atoms with Crippen LogP contribution in [-0.2, 0) is 9.59 Å². The normalized spacial score (nSPS) is 17.2. The summed E-state index contributed by atoms with van der Waals surface area (Å²) in [4.78, 5) is 28.1. The number of phenolic OH excluding ortho intramolecular Hbond substituents is 1. The molecule has 36 heavy (non-hydrogen) atoms. The molecule has 4 rings (SSSR count). The lowest BCUT2D eigenvalue weighted by Gasteiger charge is -2.26. The molecule has 6 nitrogen and oxygen atoms in total. The Kier molecular flexibility index (Phi) is 6.83. The molecule has 1 heterocycles. The molecule has 0 saturated carbocycles. The van der Waals surface area contributed by atoms with Gasteiger partial charge in [-0.3, -0.25) is 14.5 Å². The van der Waals surface area contributed by atoms with Crippen LogP contribution >= 0.6 is 11.6 Å². The number of carbonyl (C=O) groups is 2. The Morgan fingerprint density at radius 2 is 1.67 bits per heavy atom. The number of phenols is 1. The quantitative estimate of drug-likeness (QED) is 0.238. The van der Waals surface area contributed by atoms with Gasteiger partial charge in [0.15, 0.2) is 0 Å². The second-order valence-electron chi connectivity index (χ2n) is 9.30. The number of carbonyl (C=O) groups excluding carboxylic acids is 2. The van der Waals surface area contributed by atoms with Gasteiger partial charge in [-0.05, 0) is 99.3 Å². The van der Waals surface area contributed by atoms with Crippen LogP contribution in [0.4, 0.5) is 5.69 Å². The molecule has 1 saturated heterocycles. The highest BCUT2D eigenvalue weighted by Gasteiger charge is 2.47. The molecular formula is C29H28ClNO5. The van der Waals surface area contributed by atoms with E-state index in [0.29, 0.717) is 22.6 Å². The minimum atomic E-state index is -0.947. The maximum absolute atomic E-state index is 13.4. The highest BCUT2D eigenvalue weighted by molar-refractivity contribution is 6.51. The maximum atomic E-state index is 13.4. The molecule has 1 fully saturated rings. The molecular weight excluding hydrogens is 478 g/mol. The average Bonchev–Trinajstić information content (AvgIpc) is 3.08. The number of aliphatic hydroxyl groups is 1. The molecule has 3 aromatic carbocycles. The van der Waals surface area contributed by atoms with Gasteiger partial charge in [0.25, 0.3) is 11.7 Å². The number of benzene rings is 3. The van der Waals surface area contributed by atoms with E-state index in [2.05, 4.69) is 0 Å². The van der Waals surface area contributed by atoms with Gasteiger partial charge in [0, 0.05) is 11.3 Å². The van der Waals surface area contributed by atoms with Crippen LogP contribution in [0.1, 0.15) is 47.7 Å². The summed E-state index contributed by atoms with van der Waals surface area (Å²) in [5.41, 5.74) is 4.10. The molecule has 1 unspecified atom stereocenters. The number of Topliss-reactive ketones (excluding diaryl/α,β-unsaturated/α-hetero) is 1. The van der Waals surface area contributed by atoms with Crippen LogP contribution in [0, 0.1) is 20.8 Å². The second-order valence-corrected chi connectivity index (χ2v) is 9.70. The van der Waals surface area contributed by atoms with Crippen LogP contribution in [0.5, 0.6) is 11.5 Å². The number of halogens is 1. The second kappa shape index (κ2) is 9.70. The Bertz CT molecular complexity index is 1410. The molecule has 7 heteroatoms. The van der Waals surface area contributed by atoms with Crippen molar-refractivity contribution in [3.8, 4) is 11.5 Å². The van der Waals surface area contributed by atoms with Crippen molar-refractivity contribution in [3.63, 3.8) is 0 Å². The van der Waals surface area contributed by atoms with Crippen molar-refractivity contribution in [2.24, 2.45) is 0 Å². The van der Waals surface area contributed by atoms with E-state index >= 15 is 0 Å². The third kappa shape index (κ3) is 4.56. The molecule has 0 aliphatic carbocycles. The smallest absolute Gasteiger partial charge is 0.300 e. The number of aryl methyl sites for hydroxylation is 3. The lowest BCUT2D eigenvalue weighted by Crippen LogP contribution is -2.29. The summed E-state index contributed by atoms with van der Waals surface area (Å²) in [6.45, 7) is 9.57. The van der Waals surface area contributed by atoms with E-state index in [1.54, 1.807) is 30.3 Å². The van der Waals surface area contributed by atoms with Crippen molar-refractivity contribution in [3.05, 3.63) is 93.0 Å². The lowest BCUT2D eigenvalue weighted by atomic mass is 9.94. The molecule has 1 amide bonds. The molecule has 2 N–H and O–H groups in total. The van der Waals surface area contributed by atoms with Crippen LogP contribution in [-0.4, -0.2) is 28.0 Å². The van der Waals surface area contributed by atoms with E-state index < -0.39 is 17.7 Å². The van der Waals surface area contributed by atoms with Crippen molar-refractivity contribution >= 4 is 34.7 Å². The highest BCUT2D eigenvalue weighted by atomic mass is 35.5. The first-order chi connectivity index (χ1) is 17.0. The number of hydrogen-bond donors (Lipinski definition) is 2. The van der Waals surface area contributed by atoms with Crippen molar-refractivity contribution in [2.75, 3.05) is 4.90 Å². The Morgan fingerprint density at radius 1 is 0.944 bits per heavy atom. The fourth-order valence-electron chi connectivity index (χ4n) is 4.32. The molecule has 1 aliphatic rings. The molecule has 0 spiro atoms. The monoisotopic (exact) mass is 505 g/mol. The Hall–Kier alpha value is -3.77. The van der Waals surface area contributed by atoms with Crippen molar-refractivity contribution < 1.29 is 24.5 Å². The molecule has 0 aromatic heterocycles. The zero-order valence-corrected chi connectivity index (χ0v) is 21.6. The number of ketones is 1. The summed E-state index contributed by atoms with van der Waals surface area (Å²) in [5.74, 6) is -1.32. The van der Waals surface area contributed by atoms with E-state index in [0.717, 1.165) is 16.7 Å². The summed E-state index contributed by atoms with van der Waals surface area (Å²) >= 11 is 6.20. The summed E-state index contributed by atoms with van der Waals surface area (Å²) in [7, 11) is 0. The van der Waals surface area contributed by atoms with Crippen LogP contribution in [0.3, 0.4) is 0 Å². The first-order valence-electron chi connectivity index (χ1n) is 11.6. The van der Waals surface area contributed by atoms with Gasteiger partial charge in [-0.15, -0.1) is 0 Å². The van der Waals surface area contributed by atoms with Gasteiger partial charge in [0.05, 0.1) is 22.7 Å². The minimum absolute atomic E-state index is 0.0225. The Morgan fingerprint density at radius 3 is 2.28 bits per heavy atom. The molecule has 1 atom stereocenters. The molecule has 1 aliphatic heterocycles. The van der Waals surface area contributed by atoms with Crippen LogP contribution in [0.25, 0.3) is 5.76 Å². The van der Waals surface area contributed by atoms with Gasteiger partial charge in [0.1, 0.15) is 17.3 Å². The number of aliphatic hydroxyl groups excluding tert-OH is 1. The summed E-state index contributed by atoms with van der Waals surface area (Å²) in [5, 5.41) is 21.4. The fraction of sp³-hybridized carbons (Fsp3) is 0.241. The molecule has 3 aromatic rings. The molecule has 0 radical (unpaired) electrons. The summed E-state index contributed by atoms with van der Waals surface area (Å²) in [6.07, 6.45) is -0.0225. The third-order valence-corrected chi connectivity index (χ3v) is 6.61. The van der Waals surface area contributed by atoms with E-state index in [9.17, 15) is 19.8 Å². The molecule has 186 valence electrons. The van der Waals surface area contributed by atoms with Crippen LogP contribution < -0.4 is 9.64 Å². The van der Waals surface area contributed by atoms with Crippen molar-refractivity contribution in [1.82, 2.24) is 0 Å². The zero-order chi connectivity index (χ0) is 26.3. The number of rotatable bonds is 5. The number of amides is 1. The zero-order valence-electron chi connectivity index (χ0n) is 20.8. The van der Waals surface area contributed by atoms with Crippen molar-refractivity contribution in [1.29, 1.82) is 0 Å². The highest BCUT2D eigenvalue weighted by Crippen LogP contribution is 2.44. The number of nitrogens with zero attached hydrogens (tertiary/aromatic N) is 1. The topological polar surface area (TPSA) is 87.1 Å². The summed E-state index contributed by atoms with van der Waals surface area (Å²) in [6, 6.07) is 14.1. The number of aromatic hydroxyl groups is 1. The molecule has 0 bridgehead atoms. The van der Waals surface area contributed by atoms with Gasteiger partial charge in [-0.25, -0.2) is 0 Å². The van der Waals surface area contributed by atoms with E-state index in [1.165, 1.54) is 17.0 Å². The predicted molar refractivity (Wildman–Crippen MR) is 141 cm³/mol. The van der Waals surface area contributed by atoms with E-state index in [1.807, 2.05) is 46.8 Å². The first-order valence-corrected chi connectivity index (χ1v) is 12.0. The van der Waals surface area contributed by atoms with Gasteiger partial charge in [-0.1, -0.05) is 23.7 Å². The summed E-state index contributed by atoms with van der Waals surface area (Å²) < 4.78 is 5.79.